The van der Waals surface area contributed by atoms with Gasteiger partial charge in [0.1, 0.15) is 11.6 Å². The summed E-state index contributed by atoms with van der Waals surface area (Å²) < 4.78 is 52.3. The van der Waals surface area contributed by atoms with Crippen molar-refractivity contribution in [2.24, 2.45) is 0 Å². The minimum absolute atomic E-state index is 0.112. The van der Waals surface area contributed by atoms with Crippen molar-refractivity contribution < 1.29 is 22.6 Å². The molecule has 158 valence electrons. The van der Waals surface area contributed by atoms with Crippen LogP contribution in [0.15, 0.2) is 12.3 Å². The Labute approximate surface area is 166 Å². The molecule has 8 nitrogen and oxygen atoms in total. The van der Waals surface area contributed by atoms with Gasteiger partial charge in [-0.3, -0.25) is 0 Å². The van der Waals surface area contributed by atoms with Crippen molar-refractivity contribution in [2.45, 2.75) is 37.6 Å². The maximum Gasteiger partial charge on any atom is 0.269 e. The lowest BCUT2D eigenvalue weighted by molar-refractivity contribution is -0.0361. The lowest BCUT2D eigenvalue weighted by Gasteiger charge is -2.30. The van der Waals surface area contributed by atoms with Gasteiger partial charge in [-0.2, -0.15) is 19.0 Å². The van der Waals surface area contributed by atoms with Crippen LogP contribution in [0.25, 0.3) is 5.95 Å². The van der Waals surface area contributed by atoms with Gasteiger partial charge in [-0.1, -0.05) is 0 Å². The van der Waals surface area contributed by atoms with Crippen LogP contribution in [0, 0.1) is 5.82 Å². The number of hydrogen-bond donors (Lipinski definition) is 1. The molecule has 0 aromatic carbocycles. The summed E-state index contributed by atoms with van der Waals surface area (Å²) in [5.74, 6) is -2.10. The highest BCUT2D eigenvalue weighted by Gasteiger charge is 2.35. The normalized spacial score (nSPS) is 19.9. The molecule has 4 rings (SSSR count). The zero-order valence-electron chi connectivity index (χ0n) is 16.1. The highest BCUT2D eigenvalue weighted by Crippen LogP contribution is 2.34. The molecule has 0 bridgehead atoms. The summed E-state index contributed by atoms with van der Waals surface area (Å²) in [6.07, 6.45) is 1.54. The van der Waals surface area contributed by atoms with Crippen molar-refractivity contribution in [3.05, 3.63) is 18.1 Å². The molecule has 2 aromatic heterocycles. The molecule has 1 saturated heterocycles. The minimum atomic E-state index is -2.60. The first-order valence-electron chi connectivity index (χ1n) is 9.59. The van der Waals surface area contributed by atoms with E-state index in [1.54, 1.807) is 6.07 Å². The second kappa shape index (κ2) is 8.05. The summed E-state index contributed by atoms with van der Waals surface area (Å²) in [5.41, 5.74) is 0. The van der Waals surface area contributed by atoms with Crippen LogP contribution >= 0.6 is 0 Å². The second-order valence-corrected chi connectivity index (χ2v) is 7.22. The summed E-state index contributed by atoms with van der Waals surface area (Å²) >= 11 is 0. The number of nitrogens with zero attached hydrogens (tertiary/aromatic N) is 5. The van der Waals surface area contributed by atoms with Gasteiger partial charge >= 0.3 is 0 Å². The van der Waals surface area contributed by atoms with Crippen LogP contribution in [0.1, 0.15) is 25.7 Å². The third kappa shape index (κ3) is 4.55. The summed E-state index contributed by atoms with van der Waals surface area (Å²) in [6.45, 7) is 2.46. The van der Waals surface area contributed by atoms with E-state index < -0.39 is 11.7 Å². The Morgan fingerprint density at radius 3 is 2.59 bits per heavy atom. The number of halogens is 3. The van der Waals surface area contributed by atoms with Gasteiger partial charge in [0.15, 0.2) is 0 Å². The van der Waals surface area contributed by atoms with E-state index in [0.29, 0.717) is 50.8 Å². The molecule has 29 heavy (non-hydrogen) atoms. The molecule has 1 N–H and O–H groups in total. The van der Waals surface area contributed by atoms with E-state index in [2.05, 4.69) is 20.4 Å². The highest BCUT2D eigenvalue weighted by molar-refractivity contribution is 5.52. The van der Waals surface area contributed by atoms with Crippen LogP contribution < -0.4 is 15.0 Å². The van der Waals surface area contributed by atoms with Gasteiger partial charge in [0, 0.05) is 38.0 Å². The van der Waals surface area contributed by atoms with E-state index >= 15 is 0 Å². The average Bonchev–Trinajstić information content (AvgIpc) is 3.11. The molecule has 0 radical (unpaired) electrons. The SMILES string of the molecule is COc1nn(-c2nc(NC3CCC(F)(F)CC3)cc(N3CCOCC3)n2)cc1F. The van der Waals surface area contributed by atoms with Gasteiger partial charge in [-0.05, 0) is 12.8 Å². The van der Waals surface area contributed by atoms with E-state index in [1.807, 2.05) is 4.90 Å². The van der Waals surface area contributed by atoms with E-state index in [0.717, 1.165) is 6.20 Å². The van der Waals surface area contributed by atoms with Crippen LogP contribution in [0.4, 0.5) is 24.8 Å². The lowest BCUT2D eigenvalue weighted by Crippen LogP contribution is -2.37. The standard InChI is InChI=1S/C18H23F3N6O2/c1-28-16-13(19)11-27(25-16)17-23-14(22-12-2-4-18(20,21)5-3-12)10-15(24-17)26-6-8-29-9-7-26/h10-12H,2-9H2,1H3,(H,22,23,24). The van der Waals surface area contributed by atoms with Gasteiger partial charge in [-0.15, -0.1) is 5.10 Å². The fourth-order valence-corrected chi connectivity index (χ4v) is 3.52. The van der Waals surface area contributed by atoms with Crippen LogP contribution in [-0.4, -0.2) is 65.1 Å². The average molecular weight is 412 g/mol. The van der Waals surface area contributed by atoms with Gasteiger partial charge in [0.05, 0.1) is 26.5 Å². The molecule has 2 aromatic rings. The van der Waals surface area contributed by atoms with Crippen molar-refractivity contribution >= 4 is 11.6 Å². The quantitative estimate of drug-likeness (QED) is 0.809. The first-order valence-corrected chi connectivity index (χ1v) is 9.59. The molecule has 2 aliphatic rings. The van der Waals surface area contributed by atoms with E-state index in [9.17, 15) is 13.2 Å². The van der Waals surface area contributed by atoms with E-state index in [1.165, 1.54) is 11.8 Å². The largest absolute Gasteiger partial charge is 0.478 e. The predicted molar refractivity (Wildman–Crippen MR) is 99.5 cm³/mol. The van der Waals surface area contributed by atoms with Crippen LogP contribution in [0.3, 0.4) is 0 Å². The Hall–Kier alpha value is -2.56. The molecule has 0 unspecified atom stereocenters. The predicted octanol–water partition coefficient (Wildman–Crippen LogP) is 2.64. The lowest BCUT2D eigenvalue weighted by atomic mass is 9.92. The molecular formula is C18H23F3N6O2. The number of nitrogens with one attached hydrogen (secondary N) is 1. The van der Waals surface area contributed by atoms with Crippen molar-refractivity contribution in [3.8, 4) is 11.8 Å². The zero-order chi connectivity index (χ0) is 20.4. The number of methoxy groups -OCH3 is 1. The Kier molecular flexibility index (Phi) is 5.48. The van der Waals surface area contributed by atoms with Gasteiger partial charge in [-0.25, -0.2) is 8.78 Å². The summed E-state index contributed by atoms with van der Waals surface area (Å²) in [6, 6.07) is 1.66. The van der Waals surface area contributed by atoms with E-state index in [-0.39, 0.29) is 30.7 Å². The molecule has 0 atom stereocenters. The second-order valence-electron chi connectivity index (χ2n) is 7.22. The Morgan fingerprint density at radius 1 is 1.21 bits per heavy atom. The topological polar surface area (TPSA) is 77.3 Å². The molecule has 1 aliphatic heterocycles. The summed E-state index contributed by atoms with van der Waals surface area (Å²) in [5, 5.41) is 7.25. The van der Waals surface area contributed by atoms with Crippen molar-refractivity contribution in [2.75, 3.05) is 43.6 Å². The molecule has 11 heteroatoms. The molecule has 2 fully saturated rings. The van der Waals surface area contributed by atoms with Crippen molar-refractivity contribution in [3.63, 3.8) is 0 Å². The summed E-state index contributed by atoms with van der Waals surface area (Å²) in [4.78, 5) is 11.0. The van der Waals surface area contributed by atoms with Gasteiger partial charge < -0.3 is 19.7 Å². The minimum Gasteiger partial charge on any atom is -0.478 e. The number of hydrogen-bond acceptors (Lipinski definition) is 7. The first-order chi connectivity index (χ1) is 13.9. The third-order valence-electron chi connectivity index (χ3n) is 5.14. The van der Waals surface area contributed by atoms with Crippen molar-refractivity contribution in [1.29, 1.82) is 0 Å². The number of rotatable bonds is 5. The number of alkyl halides is 2. The number of morpholine rings is 1. The fraction of sp³-hybridized carbons (Fsp3) is 0.611. The Balaban J connectivity index is 1.62. The molecule has 0 spiro atoms. The molecule has 0 amide bonds. The Morgan fingerprint density at radius 2 is 1.93 bits per heavy atom. The fourth-order valence-electron chi connectivity index (χ4n) is 3.52. The first kappa shape index (κ1) is 19.7. The number of anilines is 2. The third-order valence-corrected chi connectivity index (χ3v) is 5.14. The number of aromatic nitrogens is 4. The van der Waals surface area contributed by atoms with Crippen LogP contribution in [0.5, 0.6) is 5.88 Å². The van der Waals surface area contributed by atoms with Gasteiger partial charge in [0.2, 0.25) is 11.7 Å². The maximum atomic E-state index is 13.9. The van der Waals surface area contributed by atoms with Crippen LogP contribution in [0.2, 0.25) is 0 Å². The Bertz CT molecular complexity index is 846. The molecule has 1 saturated carbocycles. The molecule has 1 aliphatic carbocycles. The zero-order valence-corrected chi connectivity index (χ0v) is 16.1. The smallest absolute Gasteiger partial charge is 0.269 e. The van der Waals surface area contributed by atoms with Crippen molar-refractivity contribution in [1.82, 2.24) is 19.7 Å². The van der Waals surface area contributed by atoms with E-state index in [4.69, 9.17) is 9.47 Å². The molecule has 3 heterocycles. The molecular weight excluding hydrogens is 389 g/mol. The highest BCUT2D eigenvalue weighted by atomic mass is 19.3. The monoisotopic (exact) mass is 412 g/mol. The summed E-state index contributed by atoms with van der Waals surface area (Å²) in [7, 11) is 1.33. The number of ether oxygens (including phenoxy) is 2. The van der Waals surface area contributed by atoms with Crippen LogP contribution in [-0.2, 0) is 4.74 Å². The van der Waals surface area contributed by atoms with Gasteiger partial charge in [0.25, 0.3) is 11.8 Å². The maximum absolute atomic E-state index is 13.9.